The number of aromatic amines is 1. The molecule has 1 aliphatic carbocycles. The van der Waals surface area contributed by atoms with Crippen molar-refractivity contribution in [3.05, 3.63) is 86.4 Å². The molecule has 5 rings (SSSR count). The minimum absolute atomic E-state index is 0.321. The lowest BCUT2D eigenvalue weighted by Crippen LogP contribution is -2.15. The number of carboxylic acids is 1. The van der Waals surface area contributed by atoms with E-state index in [4.69, 9.17) is 4.98 Å². The molecule has 1 unspecified atom stereocenters. The summed E-state index contributed by atoms with van der Waals surface area (Å²) in [5.74, 6) is 1.29. The van der Waals surface area contributed by atoms with Crippen molar-refractivity contribution in [1.82, 2.24) is 30.2 Å². The predicted molar refractivity (Wildman–Crippen MR) is 139 cm³/mol. The Morgan fingerprint density at radius 2 is 2.22 bits per heavy atom. The van der Waals surface area contributed by atoms with Gasteiger partial charge in [-0.3, -0.25) is 0 Å². The summed E-state index contributed by atoms with van der Waals surface area (Å²) in [6, 6.07) is 10.6. The number of rotatable bonds is 10. The van der Waals surface area contributed by atoms with E-state index < -0.39 is 5.97 Å². The molecule has 8 nitrogen and oxygen atoms in total. The number of benzene rings is 1. The number of hydrogen-bond acceptors (Lipinski definition) is 6. The Bertz CT molecular complexity index is 1340. The molecule has 1 aromatic carbocycles. The van der Waals surface area contributed by atoms with Crippen molar-refractivity contribution in [3.63, 3.8) is 0 Å². The van der Waals surface area contributed by atoms with Gasteiger partial charge >= 0.3 is 5.97 Å². The number of nitrogens with zero attached hydrogens (tertiary/aromatic N) is 5. The third kappa shape index (κ3) is 5.46. The average molecular weight is 503 g/mol. The molecule has 1 atom stereocenters. The average Bonchev–Trinajstić information content (AvgIpc) is 3.66. The number of nitrogens with one attached hydrogen (secondary N) is 1. The summed E-state index contributed by atoms with van der Waals surface area (Å²) in [4.78, 5) is 17.8. The zero-order chi connectivity index (χ0) is 24.9. The summed E-state index contributed by atoms with van der Waals surface area (Å²) in [7, 11) is 0. The molecule has 0 aliphatic heterocycles. The number of carboxylic acid groups (broad SMARTS) is 1. The van der Waals surface area contributed by atoms with E-state index in [0.717, 1.165) is 60.7 Å². The summed E-state index contributed by atoms with van der Waals surface area (Å²) >= 11 is 1.58. The van der Waals surface area contributed by atoms with Gasteiger partial charge in [0.2, 0.25) is 0 Å². The van der Waals surface area contributed by atoms with Crippen LogP contribution in [-0.2, 0) is 37.0 Å². The van der Waals surface area contributed by atoms with E-state index in [1.54, 1.807) is 17.4 Å². The van der Waals surface area contributed by atoms with Gasteiger partial charge in [-0.05, 0) is 70.3 Å². The van der Waals surface area contributed by atoms with Crippen molar-refractivity contribution in [2.75, 3.05) is 0 Å². The van der Waals surface area contributed by atoms with Gasteiger partial charge in [0.15, 0.2) is 5.82 Å². The zero-order valence-corrected chi connectivity index (χ0v) is 21.2. The third-order valence-electron chi connectivity index (χ3n) is 6.85. The Morgan fingerprint density at radius 3 is 2.97 bits per heavy atom. The van der Waals surface area contributed by atoms with Crippen LogP contribution in [0.15, 0.2) is 47.5 Å². The first kappa shape index (κ1) is 24.1. The van der Waals surface area contributed by atoms with Gasteiger partial charge in [-0.15, -0.1) is 16.4 Å². The van der Waals surface area contributed by atoms with Crippen LogP contribution in [0.25, 0.3) is 6.08 Å². The van der Waals surface area contributed by atoms with Gasteiger partial charge < -0.3 is 9.67 Å². The normalized spacial score (nSPS) is 15.7. The summed E-state index contributed by atoms with van der Waals surface area (Å²) in [5, 5.41) is 26.3. The number of thiophene rings is 1. The zero-order valence-electron chi connectivity index (χ0n) is 20.4. The highest BCUT2D eigenvalue weighted by Gasteiger charge is 2.23. The number of aliphatic carboxylic acids is 1. The number of carbonyl (C=O) groups is 1. The topological polar surface area (TPSA) is 110 Å². The molecular weight excluding hydrogens is 472 g/mol. The molecule has 1 aliphatic rings. The maximum absolute atomic E-state index is 12.0. The monoisotopic (exact) mass is 502 g/mol. The van der Waals surface area contributed by atoms with E-state index >= 15 is 0 Å². The Morgan fingerprint density at radius 1 is 1.31 bits per heavy atom. The first-order valence-electron chi connectivity index (χ1n) is 12.5. The van der Waals surface area contributed by atoms with Crippen LogP contribution >= 0.6 is 11.3 Å². The van der Waals surface area contributed by atoms with E-state index in [1.807, 2.05) is 23.7 Å². The summed E-state index contributed by atoms with van der Waals surface area (Å²) < 4.78 is 2.18. The fraction of sp³-hybridized carbons (Fsp3) is 0.370. The van der Waals surface area contributed by atoms with Crippen molar-refractivity contribution < 1.29 is 9.90 Å². The van der Waals surface area contributed by atoms with Gasteiger partial charge in [-0.2, -0.15) is 0 Å². The highest BCUT2D eigenvalue weighted by atomic mass is 32.1. The predicted octanol–water partition coefficient (Wildman–Crippen LogP) is 4.83. The highest BCUT2D eigenvalue weighted by Crippen LogP contribution is 2.31. The molecular formula is C27H30N6O2S. The SMILES string of the molecule is CCCCc1ncc(C=C(Cc2cccs2)C(=O)O)n1Cc1ccc2c(c1)CCC(c1nnn[nH]1)C2. The van der Waals surface area contributed by atoms with Crippen molar-refractivity contribution in [1.29, 1.82) is 0 Å². The van der Waals surface area contributed by atoms with E-state index in [1.165, 1.54) is 16.7 Å². The van der Waals surface area contributed by atoms with E-state index in [9.17, 15) is 9.90 Å². The van der Waals surface area contributed by atoms with Crippen LogP contribution in [0.5, 0.6) is 0 Å². The Kier molecular flexibility index (Phi) is 7.36. The van der Waals surface area contributed by atoms with Crippen molar-refractivity contribution in [3.8, 4) is 0 Å². The Hall–Kier alpha value is -3.59. The number of imidazole rings is 1. The molecule has 0 amide bonds. The van der Waals surface area contributed by atoms with E-state index in [0.29, 0.717) is 24.5 Å². The van der Waals surface area contributed by atoms with Crippen LogP contribution in [0.4, 0.5) is 0 Å². The molecule has 4 aromatic rings. The summed E-state index contributed by atoms with van der Waals surface area (Å²) in [5.41, 5.74) is 5.12. The second-order valence-electron chi connectivity index (χ2n) is 9.35. The Balaban J connectivity index is 1.41. The minimum atomic E-state index is -0.892. The molecule has 0 saturated heterocycles. The van der Waals surface area contributed by atoms with Gasteiger partial charge in [-0.25, -0.2) is 14.9 Å². The smallest absolute Gasteiger partial charge is 0.332 e. The third-order valence-corrected chi connectivity index (χ3v) is 7.73. The molecule has 2 N–H and O–H groups in total. The van der Waals surface area contributed by atoms with Crippen LogP contribution in [0.3, 0.4) is 0 Å². The van der Waals surface area contributed by atoms with Crippen molar-refractivity contribution >= 4 is 23.4 Å². The summed E-state index contributed by atoms with van der Waals surface area (Å²) in [6.07, 6.45) is 9.93. The van der Waals surface area contributed by atoms with E-state index in [-0.39, 0.29) is 0 Å². The number of tetrazole rings is 1. The van der Waals surface area contributed by atoms with Crippen LogP contribution in [0, 0.1) is 0 Å². The second kappa shape index (κ2) is 11.0. The molecule has 0 bridgehead atoms. The molecule has 0 fully saturated rings. The minimum Gasteiger partial charge on any atom is -0.478 e. The van der Waals surface area contributed by atoms with Crippen molar-refractivity contribution in [2.45, 2.75) is 64.3 Å². The molecule has 9 heteroatoms. The molecule has 0 radical (unpaired) electrons. The lowest BCUT2D eigenvalue weighted by atomic mass is 9.83. The first-order chi connectivity index (χ1) is 17.6. The number of H-pyrrole nitrogens is 1. The Labute approximate surface area is 214 Å². The van der Waals surface area contributed by atoms with Crippen molar-refractivity contribution in [2.24, 2.45) is 0 Å². The number of fused-ring (bicyclic) bond motifs is 1. The highest BCUT2D eigenvalue weighted by molar-refractivity contribution is 7.09. The van der Waals surface area contributed by atoms with Crippen LogP contribution in [-0.4, -0.2) is 41.3 Å². The van der Waals surface area contributed by atoms with E-state index in [2.05, 4.69) is 50.3 Å². The molecule has 0 spiro atoms. The molecule has 3 heterocycles. The lowest BCUT2D eigenvalue weighted by molar-refractivity contribution is -0.132. The quantitative estimate of drug-likeness (QED) is 0.301. The van der Waals surface area contributed by atoms with Crippen LogP contribution < -0.4 is 0 Å². The molecule has 0 saturated carbocycles. The number of aromatic nitrogens is 6. The maximum atomic E-state index is 12.0. The van der Waals surface area contributed by atoms with Gasteiger partial charge in [0.1, 0.15) is 5.82 Å². The number of aryl methyl sites for hydroxylation is 2. The second-order valence-corrected chi connectivity index (χ2v) is 10.4. The molecule has 186 valence electrons. The number of hydrogen-bond donors (Lipinski definition) is 2. The largest absolute Gasteiger partial charge is 0.478 e. The van der Waals surface area contributed by atoms with Gasteiger partial charge in [0, 0.05) is 35.8 Å². The van der Waals surface area contributed by atoms with Gasteiger partial charge in [-0.1, -0.05) is 37.6 Å². The standard InChI is InChI=1S/C27H30N6O2S/c1-2-3-6-25-28-16-23(14-22(27(34)35)15-24-5-4-11-36-24)33(25)17-18-7-8-20-13-21(10-9-19(20)12-18)26-29-31-32-30-26/h4-5,7-8,11-12,14,16,21H,2-3,6,9-10,13,15,17H2,1H3,(H,34,35)(H,29,30,31,32). The van der Waals surface area contributed by atoms with Crippen LogP contribution in [0.1, 0.15) is 71.0 Å². The maximum Gasteiger partial charge on any atom is 0.332 e. The number of unbranched alkanes of at least 4 members (excludes halogenated alkanes) is 1. The van der Waals surface area contributed by atoms with Gasteiger partial charge in [0.25, 0.3) is 0 Å². The van der Waals surface area contributed by atoms with Gasteiger partial charge in [0.05, 0.1) is 11.9 Å². The fourth-order valence-corrected chi connectivity index (χ4v) is 5.62. The van der Waals surface area contributed by atoms with Crippen LogP contribution in [0.2, 0.25) is 0 Å². The summed E-state index contributed by atoms with van der Waals surface area (Å²) in [6.45, 7) is 2.84. The fourth-order valence-electron chi connectivity index (χ4n) is 4.89. The molecule has 3 aromatic heterocycles. The molecule has 36 heavy (non-hydrogen) atoms. The first-order valence-corrected chi connectivity index (χ1v) is 13.3. The lowest BCUT2D eigenvalue weighted by Gasteiger charge is -2.23.